The standard InChI is InChI=1S/C7H19N3/c1-9(2)5-7(8)6-10(3)4/h7H,5-6,8H2,1-4H3. The molecule has 0 aromatic heterocycles. The van der Waals surface area contributed by atoms with Gasteiger partial charge in [-0.05, 0) is 28.2 Å². The Balaban J connectivity index is 3.34. The molecular formula is C7H19N3. The Morgan fingerprint density at radius 1 is 1.00 bits per heavy atom. The molecule has 0 aromatic rings. The van der Waals surface area contributed by atoms with E-state index in [1.807, 2.05) is 28.2 Å². The molecule has 10 heavy (non-hydrogen) atoms. The van der Waals surface area contributed by atoms with Gasteiger partial charge in [-0.1, -0.05) is 0 Å². The van der Waals surface area contributed by atoms with Crippen LogP contribution in [0.2, 0.25) is 0 Å². The average molecular weight is 145 g/mol. The van der Waals surface area contributed by atoms with Gasteiger partial charge in [0.15, 0.2) is 0 Å². The molecule has 3 heteroatoms. The van der Waals surface area contributed by atoms with E-state index in [-0.39, 0.29) is 6.04 Å². The third-order valence-electron chi connectivity index (χ3n) is 1.20. The monoisotopic (exact) mass is 145 g/mol. The van der Waals surface area contributed by atoms with Crippen LogP contribution in [0.3, 0.4) is 0 Å². The molecule has 62 valence electrons. The zero-order chi connectivity index (χ0) is 8.15. The predicted molar refractivity (Wildman–Crippen MR) is 45.1 cm³/mol. The van der Waals surface area contributed by atoms with Crippen molar-refractivity contribution >= 4 is 0 Å². The number of nitrogens with two attached hydrogens (primary N) is 1. The topological polar surface area (TPSA) is 32.5 Å². The smallest absolute Gasteiger partial charge is 0.0296 e. The molecule has 0 aliphatic rings. The van der Waals surface area contributed by atoms with Gasteiger partial charge in [-0.3, -0.25) is 0 Å². The van der Waals surface area contributed by atoms with Crippen molar-refractivity contribution in [3.63, 3.8) is 0 Å². The number of likely N-dealkylation sites (N-methyl/N-ethyl adjacent to an activating group) is 2. The van der Waals surface area contributed by atoms with E-state index in [1.165, 1.54) is 0 Å². The van der Waals surface area contributed by atoms with Gasteiger partial charge in [0.05, 0.1) is 0 Å². The van der Waals surface area contributed by atoms with Gasteiger partial charge in [-0.15, -0.1) is 0 Å². The molecule has 0 aliphatic carbocycles. The summed E-state index contributed by atoms with van der Waals surface area (Å²) in [5.74, 6) is 0. The molecule has 0 fully saturated rings. The van der Waals surface area contributed by atoms with Gasteiger partial charge in [0.1, 0.15) is 0 Å². The first kappa shape index (κ1) is 9.88. The van der Waals surface area contributed by atoms with E-state index in [9.17, 15) is 0 Å². The molecule has 0 amide bonds. The van der Waals surface area contributed by atoms with Gasteiger partial charge < -0.3 is 15.5 Å². The molecule has 0 saturated carbocycles. The van der Waals surface area contributed by atoms with Gasteiger partial charge in [-0.2, -0.15) is 0 Å². The molecule has 0 saturated heterocycles. The first-order chi connectivity index (χ1) is 4.52. The van der Waals surface area contributed by atoms with E-state index in [4.69, 9.17) is 5.73 Å². The second kappa shape index (κ2) is 4.66. The van der Waals surface area contributed by atoms with Crippen LogP contribution in [0, 0.1) is 0 Å². The minimum Gasteiger partial charge on any atom is -0.325 e. The van der Waals surface area contributed by atoms with Crippen LogP contribution in [0.15, 0.2) is 0 Å². The van der Waals surface area contributed by atoms with Crippen molar-refractivity contribution in [2.45, 2.75) is 6.04 Å². The quantitative estimate of drug-likeness (QED) is 0.575. The maximum atomic E-state index is 5.79. The summed E-state index contributed by atoms with van der Waals surface area (Å²) in [4.78, 5) is 4.21. The lowest BCUT2D eigenvalue weighted by molar-refractivity contribution is 0.308. The van der Waals surface area contributed by atoms with Crippen molar-refractivity contribution in [3.05, 3.63) is 0 Å². The van der Waals surface area contributed by atoms with E-state index in [1.54, 1.807) is 0 Å². The summed E-state index contributed by atoms with van der Waals surface area (Å²) in [7, 11) is 8.15. The highest BCUT2D eigenvalue weighted by Gasteiger charge is 2.03. The first-order valence-electron chi connectivity index (χ1n) is 3.57. The lowest BCUT2D eigenvalue weighted by Gasteiger charge is -2.20. The van der Waals surface area contributed by atoms with Crippen molar-refractivity contribution in [1.29, 1.82) is 0 Å². The molecule has 0 aromatic carbocycles. The maximum Gasteiger partial charge on any atom is 0.0296 e. The molecule has 2 N–H and O–H groups in total. The maximum absolute atomic E-state index is 5.79. The Labute approximate surface area is 63.8 Å². The molecule has 0 radical (unpaired) electrons. The largest absolute Gasteiger partial charge is 0.325 e. The number of nitrogens with zero attached hydrogens (tertiary/aromatic N) is 2. The minimum atomic E-state index is 0.269. The second-order valence-electron chi connectivity index (χ2n) is 3.28. The summed E-state index contributed by atoms with van der Waals surface area (Å²) in [6.45, 7) is 1.91. The van der Waals surface area contributed by atoms with Crippen LogP contribution in [0.4, 0.5) is 0 Å². The lowest BCUT2D eigenvalue weighted by Crippen LogP contribution is -2.40. The van der Waals surface area contributed by atoms with E-state index in [0.717, 1.165) is 13.1 Å². The fourth-order valence-corrected chi connectivity index (χ4v) is 0.996. The fraction of sp³-hybridized carbons (Fsp3) is 1.00. The molecule has 3 nitrogen and oxygen atoms in total. The number of hydrogen-bond donors (Lipinski definition) is 1. The Bertz CT molecular complexity index is 70.9. The number of hydrogen-bond acceptors (Lipinski definition) is 3. The summed E-state index contributed by atoms with van der Waals surface area (Å²) in [5.41, 5.74) is 5.79. The zero-order valence-corrected chi connectivity index (χ0v) is 7.46. The highest BCUT2D eigenvalue weighted by Crippen LogP contribution is 1.84. The molecular weight excluding hydrogens is 126 g/mol. The molecule has 0 atom stereocenters. The highest BCUT2D eigenvalue weighted by atomic mass is 15.1. The van der Waals surface area contributed by atoms with Gasteiger partial charge in [0.25, 0.3) is 0 Å². The van der Waals surface area contributed by atoms with Gasteiger partial charge in [-0.25, -0.2) is 0 Å². The van der Waals surface area contributed by atoms with Crippen molar-refractivity contribution in [1.82, 2.24) is 9.80 Å². The first-order valence-corrected chi connectivity index (χ1v) is 3.57. The summed E-state index contributed by atoms with van der Waals surface area (Å²) >= 11 is 0. The van der Waals surface area contributed by atoms with Crippen LogP contribution >= 0.6 is 0 Å². The van der Waals surface area contributed by atoms with Crippen LogP contribution in [-0.2, 0) is 0 Å². The Morgan fingerprint density at radius 2 is 1.30 bits per heavy atom. The van der Waals surface area contributed by atoms with Gasteiger partial charge >= 0.3 is 0 Å². The van der Waals surface area contributed by atoms with Crippen LogP contribution in [0.5, 0.6) is 0 Å². The molecule has 0 aliphatic heterocycles. The second-order valence-corrected chi connectivity index (χ2v) is 3.28. The lowest BCUT2D eigenvalue weighted by atomic mass is 10.3. The van der Waals surface area contributed by atoms with E-state index < -0.39 is 0 Å². The molecule has 0 rings (SSSR count). The van der Waals surface area contributed by atoms with Crippen molar-refractivity contribution < 1.29 is 0 Å². The summed E-state index contributed by atoms with van der Waals surface area (Å²) in [6, 6.07) is 0.269. The van der Waals surface area contributed by atoms with Crippen molar-refractivity contribution in [3.8, 4) is 0 Å². The Morgan fingerprint density at radius 3 is 1.50 bits per heavy atom. The average Bonchev–Trinajstić information content (AvgIpc) is 1.58. The molecule has 0 bridgehead atoms. The van der Waals surface area contributed by atoms with Crippen LogP contribution < -0.4 is 5.73 Å². The highest BCUT2D eigenvalue weighted by molar-refractivity contribution is 4.66. The van der Waals surface area contributed by atoms with Gasteiger partial charge in [0.2, 0.25) is 0 Å². The fourth-order valence-electron chi connectivity index (χ4n) is 0.996. The van der Waals surface area contributed by atoms with Gasteiger partial charge in [0, 0.05) is 19.1 Å². The molecule has 0 spiro atoms. The van der Waals surface area contributed by atoms with Crippen LogP contribution in [0.25, 0.3) is 0 Å². The summed E-state index contributed by atoms with van der Waals surface area (Å²) < 4.78 is 0. The van der Waals surface area contributed by atoms with Crippen molar-refractivity contribution in [2.24, 2.45) is 5.73 Å². The van der Waals surface area contributed by atoms with Crippen LogP contribution in [-0.4, -0.2) is 57.1 Å². The number of rotatable bonds is 4. The third kappa shape index (κ3) is 6.01. The van der Waals surface area contributed by atoms with Crippen LogP contribution in [0.1, 0.15) is 0 Å². The zero-order valence-electron chi connectivity index (χ0n) is 7.46. The molecule has 0 unspecified atom stereocenters. The van der Waals surface area contributed by atoms with E-state index >= 15 is 0 Å². The summed E-state index contributed by atoms with van der Waals surface area (Å²) in [5, 5.41) is 0. The third-order valence-corrected chi connectivity index (χ3v) is 1.20. The minimum absolute atomic E-state index is 0.269. The van der Waals surface area contributed by atoms with Crippen molar-refractivity contribution in [2.75, 3.05) is 41.3 Å². The predicted octanol–water partition coefficient (Wildman–Crippen LogP) is -0.563. The Kier molecular flexibility index (Phi) is 4.60. The normalized spacial score (nSPS) is 12.0. The van der Waals surface area contributed by atoms with E-state index in [0.29, 0.717) is 0 Å². The summed E-state index contributed by atoms with van der Waals surface area (Å²) in [6.07, 6.45) is 0. The SMILES string of the molecule is CN(C)CC(N)CN(C)C. The molecule has 0 heterocycles. The Hall–Kier alpha value is -0.120. The van der Waals surface area contributed by atoms with E-state index in [2.05, 4.69) is 9.80 Å².